The SMILES string of the molecule is COc1ccccc1N.Nc1ccc(N)c(N)n1. The molecule has 0 saturated carbocycles. The number of nitrogens with zero attached hydrogens (tertiary/aromatic N) is 1. The third kappa shape index (κ3) is 3.75. The number of nitrogens with two attached hydrogens (primary N) is 4. The number of aromatic nitrogens is 1. The van der Waals surface area contributed by atoms with Crippen LogP contribution in [0.3, 0.4) is 0 Å². The summed E-state index contributed by atoms with van der Waals surface area (Å²) >= 11 is 0. The molecule has 1 heterocycles. The lowest BCUT2D eigenvalue weighted by atomic mass is 10.3. The second-order valence-electron chi connectivity index (χ2n) is 3.45. The molecule has 0 aliphatic rings. The van der Waals surface area contributed by atoms with Crippen molar-refractivity contribution in [3.05, 3.63) is 36.4 Å². The van der Waals surface area contributed by atoms with Crippen LogP contribution >= 0.6 is 0 Å². The molecule has 96 valence electrons. The van der Waals surface area contributed by atoms with E-state index in [9.17, 15) is 0 Å². The second kappa shape index (κ2) is 6.19. The standard InChI is InChI=1S/C7H9NO.C5H8N4/c1-9-7-5-3-2-4-6(7)8;6-3-1-2-4(7)9-5(3)8/h2-5H,8H2,1H3;1-2H,6H2,(H4,7,8,9). The van der Waals surface area contributed by atoms with Crippen LogP contribution in [-0.2, 0) is 0 Å². The number of benzene rings is 1. The Balaban J connectivity index is 0.000000180. The van der Waals surface area contributed by atoms with E-state index in [1.807, 2.05) is 18.2 Å². The average molecular weight is 247 g/mol. The van der Waals surface area contributed by atoms with Gasteiger partial charge in [-0.25, -0.2) is 4.98 Å². The molecule has 2 aromatic rings. The molecule has 0 radical (unpaired) electrons. The van der Waals surface area contributed by atoms with Crippen LogP contribution in [0.2, 0.25) is 0 Å². The topological polar surface area (TPSA) is 126 Å². The summed E-state index contributed by atoms with van der Waals surface area (Å²) in [5.41, 5.74) is 22.6. The van der Waals surface area contributed by atoms with E-state index < -0.39 is 0 Å². The molecule has 0 aliphatic carbocycles. The number of para-hydroxylation sites is 2. The van der Waals surface area contributed by atoms with Crippen LogP contribution in [-0.4, -0.2) is 12.1 Å². The highest BCUT2D eigenvalue weighted by Gasteiger charge is 1.93. The predicted octanol–water partition coefficient (Wildman–Crippen LogP) is 1.11. The third-order valence-electron chi connectivity index (χ3n) is 2.12. The van der Waals surface area contributed by atoms with E-state index >= 15 is 0 Å². The summed E-state index contributed by atoms with van der Waals surface area (Å²) in [6.45, 7) is 0. The van der Waals surface area contributed by atoms with E-state index in [4.69, 9.17) is 27.7 Å². The van der Waals surface area contributed by atoms with Crippen LogP contribution in [0.15, 0.2) is 36.4 Å². The molecule has 0 atom stereocenters. The molecule has 2 rings (SSSR count). The number of rotatable bonds is 1. The smallest absolute Gasteiger partial charge is 0.149 e. The van der Waals surface area contributed by atoms with Crippen molar-refractivity contribution in [1.82, 2.24) is 4.98 Å². The molecule has 1 aromatic heterocycles. The molecule has 6 nitrogen and oxygen atoms in total. The van der Waals surface area contributed by atoms with Gasteiger partial charge in [-0.15, -0.1) is 0 Å². The van der Waals surface area contributed by atoms with Crippen LogP contribution in [0.1, 0.15) is 0 Å². The molecule has 0 aliphatic heterocycles. The number of pyridine rings is 1. The van der Waals surface area contributed by atoms with E-state index in [2.05, 4.69) is 4.98 Å². The van der Waals surface area contributed by atoms with Gasteiger partial charge >= 0.3 is 0 Å². The van der Waals surface area contributed by atoms with Crippen LogP contribution in [0.5, 0.6) is 5.75 Å². The number of hydrogen-bond donors (Lipinski definition) is 4. The number of nitrogen functional groups attached to an aromatic ring is 4. The van der Waals surface area contributed by atoms with E-state index in [0.29, 0.717) is 17.2 Å². The molecule has 0 unspecified atom stereocenters. The first-order chi connectivity index (χ1) is 8.54. The van der Waals surface area contributed by atoms with Crippen molar-refractivity contribution in [2.45, 2.75) is 0 Å². The van der Waals surface area contributed by atoms with Gasteiger partial charge in [0, 0.05) is 0 Å². The van der Waals surface area contributed by atoms with E-state index in [0.717, 1.165) is 5.75 Å². The van der Waals surface area contributed by atoms with Crippen LogP contribution < -0.4 is 27.7 Å². The van der Waals surface area contributed by atoms with Gasteiger partial charge in [0.05, 0.1) is 18.5 Å². The van der Waals surface area contributed by atoms with Gasteiger partial charge in [-0.2, -0.15) is 0 Å². The molecule has 18 heavy (non-hydrogen) atoms. The Bertz CT molecular complexity index is 516. The van der Waals surface area contributed by atoms with Gasteiger partial charge in [0.25, 0.3) is 0 Å². The van der Waals surface area contributed by atoms with Gasteiger partial charge in [-0.05, 0) is 24.3 Å². The summed E-state index contributed by atoms with van der Waals surface area (Å²) in [4.78, 5) is 3.70. The highest BCUT2D eigenvalue weighted by Crippen LogP contribution is 2.18. The van der Waals surface area contributed by atoms with Crippen molar-refractivity contribution < 1.29 is 4.74 Å². The molecule has 0 bridgehead atoms. The van der Waals surface area contributed by atoms with E-state index in [-0.39, 0.29) is 5.82 Å². The predicted molar refractivity (Wildman–Crippen MR) is 74.9 cm³/mol. The van der Waals surface area contributed by atoms with E-state index in [1.54, 1.807) is 25.3 Å². The summed E-state index contributed by atoms with van der Waals surface area (Å²) in [6, 6.07) is 10.6. The minimum absolute atomic E-state index is 0.287. The van der Waals surface area contributed by atoms with Crippen molar-refractivity contribution in [1.29, 1.82) is 0 Å². The van der Waals surface area contributed by atoms with Gasteiger partial charge in [-0.1, -0.05) is 12.1 Å². The Kier molecular flexibility index (Phi) is 4.62. The van der Waals surface area contributed by atoms with Gasteiger partial charge in [0.1, 0.15) is 17.4 Å². The molecule has 1 aromatic carbocycles. The van der Waals surface area contributed by atoms with E-state index in [1.165, 1.54) is 0 Å². The zero-order chi connectivity index (χ0) is 13.5. The Morgan fingerprint density at radius 2 is 1.56 bits per heavy atom. The van der Waals surface area contributed by atoms with Crippen molar-refractivity contribution in [2.75, 3.05) is 30.0 Å². The van der Waals surface area contributed by atoms with Gasteiger partial charge in [-0.3, -0.25) is 0 Å². The first-order valence-corrected chi connectivity index (χ1v) is 5.20. The Labute approximate surface area is 106 Å². The normalized spacial score (nSPS) is 9.17. The van der Waals surface area contributed by atoms with Gasteiger partial charge < -0.3 is 27.7 Å². The van der Waals surface area contributed by atoms with Crippen molar-refractivity contribution >= 4 is 23.0 Å². The molecular weight excluding hydrogens is 230 g/mol. The average Bonchev–Trinajstić information content (AvgIpc) is 2.36. The Morgan fingerprint density at radius 1 is 0.889 bits per heavy atom. The second-order valence-corrected chi connectivity index (χ2v) is 3.45. The number of anilines is 4. The highest BCUT2D eigenvalue weighted by atomic mass is 16.5. The monoisotopic (exact) mass is 247 g/mol. The Hall–Kier alpha value is -2.63. The maximum Gasteiger partial charge on any atom is 0.149 e. The fraction of sp³-hybridized carbons (Fsp3) is 0.0833. The molecule has 0 amide bonds. The minimum Gasteiger partial charge on any atom is -0.495 e. The van der Waals surface area contributed by atoms with Crippen LogP contribution in [0.25, 0.3) is 0 Å². The lowest BCUT2D eigenvalue weighted by Gasteiger charge is -2.00. The lowest BCUT2D eigenvalue weighted by Crippen LogP contribution is -1.99. The first-order valence-electron chi connectivity index (χ1n) is 5.20. The fourth-order valence-electron chi connectivity index (χ4n) is 1.17. The van der Waals surface area contributed by atoms with Crippen LogP contribution in [0.4, 0.5) is 23.0 Å². The molecule has 0 fully saturated rings. The zero-order valence-electron chi connectivity index (χ0n) is 10.1. The molecule has 0 spiro atoms. The fourth-order valence-corrected chi connectivity index (χ4v) is 1.17. The summed E-state index contributed by atoms with van der Waals surface area (Å²) < 4.78 is 4.92. The van der Waals surface area contributed by atoms with Crippen molar-refractivity contribution in [2.24, 2.45) is 0 Å². The third-order valence-corrected chi connectivity index (χ3v) is 2.12. The van der Waals surface area contributed by atoms with Gasteiger partial charge in [0.2, 0.25) is 0 Å². The quantitative estimate of drug-likeness (QED) is 0.559. The number of methoxy groups -OCH3 is 1. The Morgan fingerprint density at radius 3 is 2.00 bits per heavy atom. The largest absolute Gasteiger partial charge is 0.495 e. The number of ether oxygens (including phenoxy) is 1. The van der Waals surface area contributed by atoms with Crippen molar-refractivity contribution in [3.63, 3.8) is 0 Å². The number of hydrogen-bond acceptors (Lipinski definition) is 6. The molecule has 6 heteroatoms. The van der Waals surface area contributed by atoms with Crippen LogP contribution in [0, 0.1) is 0 Å². The summed E-state index contributed by atoms with van der Waals surface area (Å²) in [5, 5.41) is 0. The molecule has 0 saturated heterocycles. The summed E-state index contributed by atoms with van der Waals surface area (Å²) in [6.07, 6.45) is 0. The lowest BCUT2D eigenvalue weighted by molar-refractivity contribution is 0.417. The molecule has 8 N–H and O–H groups in total. The maximum absolute atomic E-state index is 5.51. The minimum atomic E-state index is 0.287. The highest BCUT2D eigenvalue weighted by molar-refractivity contribution is 5.60. The van der Waals surface area contributed by atoms with Crippen molar-refractivity contribution in [3.8, 4) is 5.75 Å². The first kappa shape index (κ1) is 13.4. The molecular formula is C12H17N5O. The maximum atomic E-state index is 5.51. The zero-order valence-corrected chi connectivity index (χ0v) is 10.1. The van der Waals surface area contributed by atoms with Gasteiger partial charge in [0.15, 0.2) is 0 Å². The summed E-state index contributed by atoms with van der Waals surface area (Å²) in [7, 11) is 1.60. The summed E-state index contributed by atoms with van der Waals surface area (Å²) in [5.74, 6) is 1.41.